The lowest BCUT2D eigenvalue weighted by Gasteiger charge is -2.28. The molecule has 1 N–H and O–H groups in total. The lowest BCUT2D eigenvalue weighted by Crippen LogP contribution is -2.47. The van der Waals surface area contributed by atoms with Gasteiger partial charge >= 0.3 is 5.97 Å². The summed E-state index contributed by atoms with van der Waals surface area (Å²) in [5.74, 6) is -0.0745. The molecule has 92 valence electrons. The first kappa shape index (κ1) is 11.9. The normalized spacial score (nSPS) is 30.6. The molecule has 0 amide bonds. The summed E-state index contributed by atoms with van der Waals surface area (Å²) in [6.45, 7) is 4.44. The number of esters is 1. The van der Waals surface area contributed by atoms with Gasteiger partial charge in [-0.2, -0.15) is 0 Å². The molecule has 1 atom stereocenters. The fourth-order valence-corrected chi connectivity index (χ4v) is 2.58. The van der Waals surface area contributed by atoms with Crippen molar-refractivity contribution in [2.24, 2.45) is 0 Å². The van der Waals surface area contributed by atoms with Gasteiger partial charge < -0.3 is 10.1 Å². The Balaban J connectivity index is 1.89. The molecular weight excluding hydrogens is 204 g/mol. The Bertz CT molecular complexity index is 266. The highest BCUT2D eigenvalue weighted by molar-refractivity contribution is 5.71. The SMILES string of the molecule is CCOC(=O)CC1(NC)CCN(C2CC2)C1. The van der Waals surface area contributed by atoms with Crippen LogP contribution in [-0.2, 0) is 9.53 Å². The Kier molecular flexibility index (Phi) is 3.50. The summed E-state index contributed by atoms with van der Waals surface area (Å²) in [4.78, 5) is 14.1. The number of carbonyl (C=O) groups excluding carboxylic acids is 1. The second kappa shape index (κ2) is 4.72. The lowest BCUT2D eigenvalue weighted by atomic mass is 9.94. The predicted octanol–water partition coefficient (Wildman–Crippen LogP) is 0.766. The van der Waals surface area contributed by atoms with E-state index in [4.69, 9.17) is 4.74 Å². The van der Waals surface area contributed by atoms with Crippen molar-refractivity contribution in [1.82, 2.24) is 10.2 Å². The summed E-state index contributed by atoms with van der Waals surface area (Å²) in [5.41, 5.74) is -0.0468. The van der Waals surface area contributed by atoms with Gasteiger partial charge in [-0.05, 0) is 33.2 Å². The molecule has 1 aliphatic heterocycles. The van der Waals surface area contributed by atoms with Crippen LogP contribution in [0, 0.1) is 0 Å². The van der Waals surface area contributed by atoms with E-state index < -0.39 is 0 Å². The monoisotopic (exact) mass is 226 g/mol. The van der Waals surface area contributed by atoms with E-state index in [1.807, 2.05) is 14.0 Å². The standard InChI is InChI=1S/C12H22N2O2/c1-3-16-11(15)8-12(13-2)6-7-14(9-12)10-4-5-10/h10,13H,3-9H2,1-2H3. The Morgan fingerprint density at radius 3 is 2.88 bits per heavy atom. The Labute approximate surface area is 97.3 Å². The van der Waals surface area contributed by atoms with Gasteiger partial charge in [0.2, 0.25) is 0 Å². The summed E-state index contributed by atoms with van der Waals surface area (Å²) < 4.78 is 5.04. The average Bonchev–Trinajstić information content (AvgIpc) is 3.02. The van der Waals surface area contributed by atoms with Crippen LogP contribution in [0.2, 0.25) is 0 Å². The molecule has 0 bridgehead atoms. The topological polar surface area (TPSA) is 41.6 Å². The zero-order valence-electron chi connectivity index (χ0n) is 10.3. The van der Waals surface area contributed by atoms with Gasteiger partial charge in [0, 0.05) is 24.7 Å². The Morgan fingerprint density at radius 2 is 2.31 bits per heavy atom. The third kappa shape index (κ3) is 2.55. The maximum Gasteiger partial charge on any atom is 0.307 e. The lowest BCUT2D eigenvalue weighted by molar-refractivity contribution is -0.144. The largest absolute Gasteiger partial charge is 0.466 e. The summed E-state index contributed by atoms with van der Waals surface area (Å²) in [7, 11) is 1.95. The second-order valence-corrected chi connectivity index (χ2v) is 4.96. The number of ether oxygens (including phenoxy) is 1. The van der Waals surface area contributed by atoms with Crippen LogP contribution >= 0.6 is 0 Å². The number of likely N-dealkylation sites (tertiary alicyclic amines) is 1. The predicted molar refractivity (Wildman–Crippen MR) is 62.3 cm³/mol. The molecule has 1 aliphatic carbocycles. The van der Waals surface area contributed by atoms with Crippen LogP contribution in [0.1, 0.15) is 32.6 Å². The number of carbonyl (C=O) groups is 1. The highest BCUT2D eigenvalue weighted by Crippen LogP contribution is 2.34. The van der Waals surface area contributed by atoms with Crippen LogP contribution in [0.3, 0.4) is 0 Å². The molecule has 16 heavy (non-hydrogen) atoms. The highest BCUT2D eigenvalue weighted by Gasteiger charge is 2.43. The minimum Gasteiger partial charge on any atom is -0.466 e. The summed E-state index contributed by atoms with van der Waals surface area (Å²) in [6, 6.07) is 0.789. The molecule has 0 spiro atoms. The quantitative estimate of drug-likeness (QED) is 0.703. The molecule has 1 saturated heterocycles. The molecule has 1 heterocycles. The molecule has 2 aliphatic rings. The van der Waals surface area contributed by atoms with Crippen LogP contribution in [0.25, 0.3) is 0 Å². The first-order valence-corrected chi connectivity index (χ1v) is 6.28. The van der Waals surface area contributed by atoms with Crippen LogP contribution < -0.4 is 5.32 Å². The van der Waals surface area contributed by atoms with Gasteiger partial charge in [0.15, 0.2) is 0 Å². The van der Waals surface area contributed by atoms with Crippen LogP contribution in [0.4, 0.5) is 0 Å². The number of hydrogen-bond acceptors (Lipinski definition) is 4. The number of nitrogens with one attached hydrogen (secondary N) is 1. The van der Waals surface area contributed by atoms with Gasteiger partial charge in [0.25, 0.3) is 0 Å². The number of likely N-dealkylation sites (N-methyl/N-ethyl adjacent to an activating group) is 1. The molecule has 0 aromatic heterocycles. The molecular formula is C12H22N2O2. The van der Waals surface area contributed by atoms with Crippen molar-refractivity contribution in [3.05, 3.63) is 0 Å². The maximum atomic E-state index is 11.6. The van der Waals surface area contributed by atoms with Crippen LogP contribution in [0.5, 0.6) is 0 Å². The second-order valence-electron chi connectivity index (χ2n) is 4.96. The van der Waals surface area contributed by atoms with Crippen molar-refractivity contribution in [3.63, 3.8) is 0 Å². The number of rotatable bonds is 5. The first-order valence-electron chi connectivity index (χ1n) is 6.28. The van der Waals surface area contributed by atoms with E-state index in [9.17, 15) is 4.79 Å². The van der Waals surface area contributed by atoms with E-state index in [0.29, 0.717) is 13.0 Å². The van der Waals surface area contributed by atoms with Gasteiger partial charge in [0.05, 0.1) is 13.0 Å². The third-order valence-corrected chi connectivity index (χ3v) is 3.76. The van der Waals surface area contributed by atoms with E-state index in [0.717, 1.165) is 25.6 Å². The summed E-state index contributed by atoms with van der Waals surface area (Å²) in [5, 5.41) is 3.34. The molecule has 4 nitrogen and oxygen atoms in total. The van der Waals surface area contributed by atoms with Crippen molar-refractivity contribution in [1.29, 1.82) is 0 Å². The molecule has 1 saturated carbocycles. The van der Waals surface area contributed by atoms with E-state index in [1.165, 1.54) is 12.8 Å². The number of hydrogen-bond donors (Lipinski definition) is 1. The van der Waals surface area contributed by atoms with E-state index in [1.54, 1.807) is 0 Å². The Morgan fingerprint density at radius 1 is 1.56 bits per heavy atom. The van der Waals surface area contributed by atoms with E-state index in [-0.39, 0.29) is 11.5 Å². The molecule has 0 radical (unpaired) electrons. The third-order valence-electron chi connectivity index (χ3n) is 3.76. The van der Waals surface area contributed by atoms with E-state index in [2.05, 4.69) is 10.2 Å². The van der Waals surface area contributed by atoms with E-state index >= 15 is 0 Å². The van der Waals surface area contributed by atoms with Crippen LogP contribution in [-0.4, -0.2) is 49.2 Å². The zero-order valence-corrected chi connectivity index (χ0v) is 10.3. The first-order chi connectivity index (χ1) is 7.69. The fraction of sp³-hybridized carbons (Fsp3) is 0.917. The average molecular weight is 226 g/mol. The summed E-state index contributed by atoms with van der Waals surface area (Å²) in [6.07, 6.45) is 4.22. The molecule has 2 rings (SSSR count). The van der Waals surface area contributed by atoms with Crippen molar-refractivity contribution in [3.8, 4) is 0 Å². The van der Waals surface area contributed by atoms with Crippen molar-refractivity contribution < 1.29 is 9.53 Å². The molecule has 4 heteroatoms. The maximum absolute atomic E-state index is 11.6. The Hall–Kier alpha value is -0.610. The molecule has 0 aromatic carbocycles. The molecule has 2 fully saturated rings. The van der Waals surface area contributed by atoms with Crippen LogP contribution in [0.15, 0.2) is 0 Å². The fourth-order valence-electron chi connectivity index (χ4n) is 2.58. The van der Waals surface area contributed by atoms with Crippen molar-refractivity contribution in [2.75, 3.05) is 26.7 Å². The summed E-state index contributed by atoms with van der Waals surface area (Å²) >= 11 is 0. The van der Waals surface area contributed by atoms with Gasteiger partial charge in [-0.15, -0.1) is 0 Å². The van der Waals surface area contributed by atoms with Gasteiger partial charge in [0.1, 0.15) is 0 Å². The van der Waals surface area contributed by atoms with Crippen molar-refractivity contribution >= 4 is 5.97 Å². The minimum absolute atomic E-state index is 0.0468. The molecule has 0 aromatic rings. The molecule has 1 unspecified atom stereocenters. The van der Waals surface area contributed by atoms with Gasteiger partial charge in [-0.1, -0.05) is 0 Å². The zero-order chi connectivity index (χ0) is 11.6. The minimum atomic E-state index is -0.0745. The highest BCUT2D eigenvalue weighted by atomic mass is 16.5. The number of nitrogens with zero attached hydrogens (tertiary/aromatic N) is 1. The van der Waals surface area contributed by atoms with Gasteiger partial charge in [-0.25, -0.2) is 0 Å². The van der Waals surface area contributed by atoms with Gasteiger partial charge in [-0.3, -0.25) is 9.69 Å². The smallest absolute Gasteiger partial charge is 0.307 e. The van der Waals surface area contributed by atoms with Crippen molar-refractivity contribution in [2.45, 2.75) is 44.2 Å².